The summed E-state index contributed by atoms with van der Waals surface area (Å²) in [5.41, 5.74) is 3.88. The number of nitrogens with zero attached hydrogens (tertiary/aromatic N) is 1. The number of hydrogen-bond donors (Lipinski definition) is 1. The third kappa shape index (κ3) is 10.4. The van der Waals surface area contributed by atoms with Crippen molar-refractivity contribution in [1.82, 2.24) is 0 Å². The smallest absolute Gasteiger partial charge is 0.0620 e. The van der Waals surface area contributed by atoms with E-state index >= 15 is 0 Å². The van der Waals surface area contributed by atoms with Gasteiger partial charge in [0.25, 0.3) is 0 Å². The summed E-state index contributed by atoms with van der Waals surface area (Å²) in [5, 5.41) is 15.0. The Labute approximate surface area is 286 Å². The molecule has 4 aromatic carbocycles. The summed E-state index contributed by atoms with van der Waals surface area (Å²) in [6, 6.07) is 39.0. The molecule has 5 rings (SSSR count). The van der Waals surface area contributed by atoms with E-state index in [0.29, 0.717) is 17.8 Å². The van der Waals surface area contributed by atoms with Crippen molar-refractivity contribution >= 4 is 45.9 Å². The predicted molar refractivity (Wildman–Crippen MR) is 197 cm³/mol. The minimum atomic E-state index is -0.877. The van der Waals surface area contributed by atoms with Crippen molar-refractivity contribution in [2.24, 2.45) is 22.2 Å². The van der Waals surface area contributed by atoms with E-state index in [4.69, 9.17) is 4.99 Å². The predicted octanol–water partition coefficient (Wildman–Crippen LogP) is 9.93. The Hall–Kier alpha value is -2.28. The maximum Gasteiger partial charge on any atom is 0.102 e. The molecule has 0 spiro atoms. The Bertz CT molecular complexity index is 1320. The zero-order valence-electron chi connectivity index (χ0n) is 27.9. The third-order valence-electron chi connectivity index (χ3n) is 8.70. The van der Waals surface area contributed by atoms with E-state index in [-0.39, 0.29) is 17.4 Å². The van der Waals surface area contributed by atoms with Crippen LogP contribution < -0.4 is 15.9 Å². The number of aliphatic hydroxyl groups excluding tert-OH is 1. The van der Waals surface area contributed by atoms with Crippen molar-refractivity contribution < 1.29 is 19.7 Å². The van der Waals surface area contributed by atoms with Crippen LogP contribution in [0.25, 0.3) is 0 Å². The minimum absolute atomic E-state index is 0.154. The first-order chi connectivity index (χ1) is 21.6. The summed E-state index contributed by atoms with van der Waals surface area (Å²) in [6.45, 7) is 15.6. The van der Waals surface area contributed by atoms with Crippen molar-refractivity contribution in [3.8, 4) is 0 Å². The Balaban J connectivity index is 0.000000238. The molecule has 1 aliphatic rings. The fourth-order valence-corrected chi connectivity index (χ4v) is 8.84. The van der Waals surface area contributed by atoms with Crippen molar-refractivity contribution in [3.63, 3.8) is 0 Å². The normalized spacial score (nSPS) is 18.1. The Morgan fingerprint density at radius 2 is 1.09 bits per heavy atom. The molecule has 3 atom stereocenters. The molecule has 1 fully saturated rings. The molecule has 2 nitrogen and oxygen atoms in total. The molecule has 0 saturated heterocycles. The fraction of sp³-hybridized carbons (Fsp3) is 0.375. The number of aliphatic imine (C=N–C) groups is 1. The monoisotopic (exact) mass is 685 g/mol. The molecule has 1 saturated carbocycles. The first kappa shape index (κ1) is 37.2. The van der Waals surface area contributed by atoms with Crippen LogP contribution in [0, 0.1) is 17.3 Å². The molecule has 5 heteroatoms. The summed E-state index contributed by atoms with van der Waals surface area (Å²) in [5.74, 6) is 1.44. The van der Waals surface area contributed by atoms with E-state index in [9.17, 15) is 5.11 Å². The quantitative estimate of drug-likeness (QED) is 0.117. The van der Waals surface area contributed by atoms with E-state index in [0.717, 1.165) is 18.5 Å². The van der Waals surface area contributed by atoms with Gasteiger partial charge in [0.15, 0.2) is 0 Å². The molecule has 1 N–H and O–H groups in total. The van der Waals surface area contributed by atoms with Crippen LogP contribution in [0.3, 0.4) is 0 Å². The van der Waals surface area contributed by atoms with E-state index in [1.807, 2.05) is 6.21 Å². The Morgan fingerprint density at radius 1 is 0.689 bits per heavy atom. The van der Waals surface area contributed by atoms with Gasteiger partial charge in [-0.2, -0.15) is 0 Å². The molecule has 0 radical (unpaired) electrons. The number of para-hydroxylation sites is 1. The summed E-state index contributed by atoms with van der Waals surface area (Å²) >= 11 is 3.35. The Morgan fingerprint density at radius 3 is 1.42 bits per heavy atom. The Kier molecular flexibility index (Phi) is 15.0. The molecule has 0 aromatic heterocycles. The van der Waals surface area contributed by atoms with Crippen LogP contribution in [0.2, 0.25) is 0 Å². The van der Waals surface area contributed by atoms with Gasteiger partial charge in [0.05, 0.1) is 19.7 Å². The van der Waals surface area contributed by atoms with Gasteiger partial charge in [-0.1, -0.05) is 121 Å². The van der Waals surface area contributed by atoms with E-state index in [1.165, 1.54) is 27.0 Å². The summed E-state index contributed by atoms with van der Waals surface area (Å²) in [7, 11) is 3.39. The molecule has 4 aromatic rings. The first-order valence-electron chi connectivity index (χ1n) is 16.1. The zero-order chi connectivity index (χ0) is 33.0. The average molecular weight is 687 g/mol. The summed E-state index contributed by atoms with van der Waals surface area (Å²) in [6.07, 6.45) is 3.88. The SMILES string of the molecule is CC(C)c1cccc(C(C)C)c1N=CC1CCC(C(C)(C)C)C1O.[Cl][Ni].c1ccc([PH+](c2ccccc2)c2ccccc2)cc1. The van der Waals surface area contributed by atoms with Crippen molar-refractivity contribution in [2.75, 3.05) is 0 Å². The van der Waals surface area contributed by atoms with Gasteiger partial charge in [-0.15, -0.1) is 0 Å². The first-order valence-corrected chi connectivity index (χ1v) is 18.9. The van der Waals surface area contributed by atoms with Gasteiger partial charge in [0.2, 0.25) is 0 Å². The second kappa shape index (κ2) is 18.2. The van der Waals surface area contributed by atoms with Crippen molar-refractivity contribution in [1.29, 1.82) is 0 Å². The van der Waals surface area contributed by atoms with Gasteiger partial charge in [-0.3, -0.25) is 4.99 Å². The number of rotatable bonds is 7. The van der Waals surface area contributed by atoms with Crippen LogP contribution >= 0.6 is 18.1 Å². The standard InChI is InChI=1S/C22H35NO.C18H15P.ClH.Ni/c1-14(2)17-9-8-10-18(15(3)4)20(17)23-13-16-11-12-19(21(16)24)22(5,6)7;1-4-10-16(11-5-1)19(17-12-6-2-7-13-17)18-14-8-3-9-15-18;;/h8-10,13-16,19,21,24H,11-12H2,1-7H3;1-15H;1H;/q;;;+1. The molecule has 1 aliphatic carbocycles. The van der Waals surface area contributed by atoms with Crippen molar-refractivity contribution in [2.45, 2.75) is 79.2 Å². The third-order valence-corrected chi connectivity index (χ3v) is 11.4. The number of aliphatic hydroxyl groups is 1. The molecule has 0 amide bonds. The second-order valence-corrected chi connectivity index (χ2v) is 16.0. The van der Waals surface area contributed by atoms with Crippen LogP contribution in [0.1, 0.15) is 84.3 Å². The fourth-order valence-electron chi connectivity index (χ4n) is 6.27. The van der Waals surface area contributed by atoms with E-state index in [1.54, 1.807) is 0 Å². The van der Waals surface area contributed by atoms with Crippen LogP contribution in [-0.4, -0.2) is 17.4 Å². The molecule has 3 unspecified atom stereocenters. The molecule has 45 heavy (non-hydrogen) atoms. The maximum absolute atomic E-state index is 10.7. The minimum Gasteiger partial charge on any atom is -0.0620 e. The van der Waals surface area contributed by atoms with Gasteiger partial charge in [0.1, 0.15) is 15.9 Å². The van der Waals surface area contributed by atoms with Crippen molar-refractivity contribution in [3.05, 3.63) is 120 Å². The van der Waals surface area contributed by atoms with E-state index in [2.05, 4.69) is 182 Å². The van der Waals surface area contributed by atoms with Crippen LogP contribution in [0.4, 0.5) is 5.69 Å². The molecule has 243 valence electrons. The largest absolute Gasteiger partial charge is 0.102 e. The zero-order valence-corrected chi connectivity index (χ0v) is 30.6. The molecular weight excluding hydrogens is 636 g/mol. The maximum atomic E-state index is 10.7. The van der Waals surface area contributed by atoms with Crippen LogP contribution in [-0.2, 0) is 14.6 Å². The number of hydrogen-bond acceptors (Lipinski definition) is 2. The van der Waals surface area contributed by atoms with Gasteiger partial charge in [0, 0.05) is 12.1 Å². The summed E-state index contributed by atoms with van der Waals surface area (Å²) < 4.78 is 0. The van der Waals surface area contributed by atoms with Crippen LogP contribution in [0.15, 0.2) is 114 Å². The second-order valence-electron chi connectivity index (χ2n) is 13.6. The average Bonchev–Trinajstić information content (AvgIpc) is 3.43. The van der Waals surface area contributed by atoms with Gasteiger partial charge >= 0.3 is 24.8 Å². The molecular formula is C40H51ClNNiOP+. The molecule has 0 heterocycles. The van der Waals surface area contributed by atoms with Gasteiger partial charge in [-0.25, -0.2) is 0 Å². The van der Waals surface area contributed by atoms with Gasteiger partial charge < -0.3 is 5.11 Å². The number of benzene rings is 4. The van der Waals surface area contributed by atoms with Gasteiger partial charge in [-0.05, 0) is 83.5 Å². The molecule has 0 bridgehead atoms. The van der Waals surface area contributed by atoms with Crippen LogP contribution in [0.5, 0.6) is 0 Å². The number of halogens is 1. The molecule has 0 aliphatic heterocycles. The topological polar surface area (TPSA) is 32.6 Å². The summed E-state index contributed by atoms with van der Waals surface area (Å²) in [4.78, 5) is 4.91. The van der Waals surface area contributed by atoms with E-state index < -0.39 is 7.92 Å².